The van der Waals surface area contributed by atoms with E-state index in [-0.39, 0.29) is 17.3 Å². The molecule has 6 aromatic carbocycles. The van der Waals surface area contributed by atoms with E-state index in [9.17, 15) is 0 Å². The van der Waals surface area contributed by atoms with Gasteiger partial charge in [-0.2, -0.15) is 0 Å². The van der Waals surface area contributed by atoms with Gasteiger partial charge in [-0.3, -0.25) is 0 Å². The molecule has 0 N–H and O–H groups in total. The number of fused-ring (bicyclic) bond motifs is 3. The maximum Gasteiger partial charge on any atom is 0.160 e. The molecule has 0 amide bonds. The lowest BCUT2D eigenvalue weighted by Gasteiger charge is -2.39. The Morgan fingerprint density at radius 2 is 0.959 bits per heavy atom. The number of hydrogen-bond donors (Lipinski definition) is 0. The van der Waals surface area contributed by atoms with Gasteiger partial charge < -0.3 is 0 Å². The van der Waals surface area contributed by atoms with Crippen LogP contribution in [0.4, 0.5) is 0 Å². The van der Waals surface area contributed by atoms with Gasteiger partial charge in [0.2, 0.25) is 0 Å². The summed E-state index contributed by atoms with van der Waals surface area (Å²) >= 11 is 0. The van der Waals surface area contributed by atoms with Crippen LogP contribution in [0.2, 0.25) is 0 Å². The van der Waals surface area contributed by atoms with Crippen molar-refractivity contribution in [1.29, 1.82) is 0 Å². The highest BCUT2D eigenvalue weighted by atomic mass is 14.9. The number of nitrogens with zero attached hydrogens (tertiary/aromatic N) is 2. The Kier molecular flexibility index (Phi) is 7.21. The van der Waals surface area contributed by atoms with Gasteiger partial charge in [0.25, 0.3) is 0 Å². The van der Waals surface area contributed by atoms with Crippen LogP contribution in [0.3, 0.4) is 0 Å². The molecule has 2 aliphatic carbocycles. The highest BCUT2D eigenvalue weighted by Crippen LogP contribution is 2.60. The van der Waals surface area contributed by atoms with E-state index >= 15 is 0 Å². The molecule has 232 valence electrons. The van der Waals surface area contributed by atoms with Crippen LogP contribution in [0.25, 0.3) is 39.3 Å². The van der Waals surface area contributed by atoms with Gasteiger partial charge in [0.1, 0.15) is 0 Å². The molecule has 2 unspecified atom stereocenters. The van der Waals surface area contributed by atoms with E-state index in [1.165, 1.54) is 33.4 Å². The molecule has 0 fully saturated rings. The topological polar surface area (TPSA) is 25.8 Å². The molecule has 1 aromatic heterocycles. The summed E-state index contributed by atoms with van der Waals surface area (Å²) in [5.74, 6) is 1.11. The minimum atomic E-state index is -0.356. The lowest BCUT2D eigenvalue weighted by molar-refractivity contribution is 0.458. The van der Waals surface area contributed by atoms with E-state index in [4.69, 9.17) is 9.97 Å². The standard InChI is InChI=1S/C47H34N2/c1-5-15-33(16-6-1)34-25-27-36(28-26-34)46-48-44(35-17-7-2-8-18-35)32-45(49-46)37-29-30-41-40-23-13-14-24-42(40)47(43(41)31-37,38-19-9-3-10-20-38)39-21-11-4-12-22-39/h1-32,41,43H. The zero-order valence-corrected chi connectivity index (χ0v) is 27.0. The first kappa shape index (κ1) is 29.1. The van der Waals surface area contributed by atoms with Crippen molar-refractivity contribution in [2.45, 2.75) is 11.3 Å². The first-order valence-corrected chi connectivity index (χ1v) is 17.0. The van der Waals surface area contributed by atoms with Crippen LogP contribution in [-0.4, -0.2) is 9.97 Å². The molecule has 1 heterocycles. The molecule has 2 aliphatic rings. The maximum absolute atomic E-state index is 5.28. The van der Waals surface area contributed by atoms with Crippen LogP contribution >= 0.6 is 0 Å². The molecule has 0 saturated carbocycles. The number of benzene rings is 6. The average molecular weight is 627 g/mol. The highest BCUT2D eigenvalue weighted by molar-refractivity contribution is 5.80. The number of aromatic nitrogens is 2. The zero-order valence-electron chi connectivity index (χ0n) is 27.0. The van der Waals surface area contributed by atoms with Crippen LogP contribution in [0, 0.1) is 5.92 Å². The summed E-state index contributed by atoms with van der Waals surface area (Å²) in [6, 6.07) is 62.8. The van der Waals surface area contributed by atoms with Gasteiger partial charge in [-0.25, -0.2) is 9.97 Å². The number of allylic oxidation sites excluding steroid dienone is 4. The van der Waals surface area contributed by atoms with Crippen LogP contribution in [0.1, 0.15) is 33.9 Å². The molecule has 7 aromatic rings. The van der Waals surface area contributed by atoms with Gasteiger partial charge >= 0.3 is 0 Å². The summed E-state index contributed by atoms with van der Waals surface area (Å²) in [6.07, 6.45) is 7.18. The van der Waals surface area contributed by atoms with Gasteiger partial charge in [-0.05, 0) is 45.0 Å². The summed E-state index contributed by atoms with van der Waals surface area (Å²) in [6.45, 7) is 0. The normalized spacial score (nSPS) is 17.2. The van der Waals surface area contributed by atoms with Crippen molar-refractivity contribution in [2.75, 3.05) is 0 Å². The predicted octanol–water partition coefficient (Wildman–Crippen LogP) is 11.2. The van der Waals surface area contributed by atoms with Gasteiger partial charge in [0.15, 0.2) is 5.82 Å². The third-order valence-corrected chi connectivity index (χ3v) is 10.3. The van der Waals surface area contributed by atoms with Gasteiger partial charge in [-0.1, -0.05) is 188 Å². The summed E-state index contributed by atoms with van der Waals surface area (Å²) < 4.78 is 0. The number of rotatable bonds is 6. The van der Waals surface area contributed by atoms with Crippen LogP contribution in [0.15, 0.2) is 194 Å². The van der Waals surface area contributed by atoms with Crippen molar-refractivity contribution in [2.24, 2.45) is 5.92 Å². The Balaban J connectivity index is 1.22. The molecular weight excluding hydrogens is 593 g/mol. The van der Waals surface area contributed by atoms with Crippen LogP contribution in [-0.2, 0) is 5.41 Å². The molecule has 0 radical (unpaired) electrons. The first-order chi connectivity index (χ1) is 24.3. The van der Waals surface area contributed by atoms with E-state index in [1.54, 1.807) is 0 Å². The van der Waals surface area contributed by atoms with Crippen molar-refractivity contribution in [1.82, 2.24) is 9.97 Å². The molecule has 2 atom stereocenters. The molecule has 0 aliphatic heterocycles. The third kappa shape index (κ3) is 4.96. The monoisotopic (exact) mass is 626 g/mol. The van der Waals surface area contributed by atoms with Gasteiger partial charge in [0, 0.05) is 23.0 Å². The van der Waals surface area contributed by atoms with Crippen LogP contribution in [0.5, 0.6) is 0 Å². The quantitative estimate of drug-likeness (QED) is 0.184. The highest BCUT2D eigenvalue weighted by Gasteiger charge is 2.53. The third-order valence-electron chi connectivity index (χ3n) is 10.3. The second-order valence-corrected chi connectivity index (χ2v) is 12.9. The van der Waals surface area contributed by atoms with E-state index in [1.807, 2.05) is 12.1 Å². The number of hydrogen-bond acceptors (Lipinski definition) is 2. The molecular formula is C47H34N2. The smallest absolute Gasteiger partial charge is 0.160 e. The average Bonchev–Trinajstić information content (AvgIpc) is 3.49. The molecule has 2 heteroatoms. The fraction of sp³-hybridized carbons (Fsp3) is 0.0638. The first-order valence-electron chi connectivity index (χ1n) is 17.0. The second kappa shape index (κ2) is 12.2. The lowest BCUT2D eigenvalue weighted by Crippen LogP contribution is -2.35. The largest absolute Gasteiger partial charge is 0.228 e. The van der Waals surface area contributed by atoms with Crippen molar-refractivity contribution in [3.05, 3.63) is 222 Å². The second-order valence-electron chi connectivity index (χ2n) is 12.9. The maximum atomic E-state index is 5.28. The summed E-state index contributed by atoms with van der Waals surface area (Å²) in [7, 11) is 0. The minimum absolute atomic E-state index is 0.151. The summed E-state index contributed by atoms with van der Waals surface area (Å²) in [5.41, 5.74) is 12.4. The lowest BCUT2D eigenvalue weighted by atomic mass is 9.62. The van der Waals surface area contributed by atoms with E-state index in [0.29, 0.717) is 0 Å². The molecule has 9 rings (SSSR count). The zero-order chi connectivity index (χ0) is 32.6. The summed E-state index contributed by atoms with van der Waals surface area (Å²) in [4.78, 5) is 10.4. The SMILES string of the molecule is C1=CC2c3ccccc3C(c3ccccc3)(c3ccccc3)C2C=C1c1cc(-c2ccccc2)nc(-c2ccc(-c3ccccc3)cc2)n1. The fourth-order valence-electron chi connectivity index (χ4n) is 8.06. The van der Waals surface area contributed by atoms with Crippen LogP contribution < -0.4 is 0 Å². The minimum Gasteiger partial charge on any atom is -0.228 e. The fourth-order valence-corrected chi connectivity index (χ4v) is 8.06. The predicted molar refractivity (Wildman–Crippen MR) is 201 cm³/mol. The van der Waals surface area contributed by atoms with Crippen molar-refractivity contribution in [3.63, 3.8) is 0 Å². The van der Waals surface area contributed by atoms with Crippen molar-refractivity contribution < 1.29 is 0 Å². The Labute approximate surface area is 287 Å². The van der Waals surface area contributed by atoms with Gasteiger partial charge in [-0.15, -0.1) is 0 Å². The molecule has 49 heavy (non-hydrogen) atoms. The molecule has 2 nitrogen and oxygen atoms in total. The Bertz CT molecular complexity index is 2270. The Morgan fingerprint density at radius 1 is 0.449 bits per heavy atom. The van der Waals surface area contributed by atoms with Crippen molar-refractivity contribution in [3.8, 4) is 33.8 Å². The van der Waals surface area contributed by atoms with E-state index < -0.39 is 0 Å². The Morgan fingerprint density at radius 3 is 1.61 bits per heavy atom. The van der Waals surface area contributed by atoms with E-state index in [2.05, 4.69) is 182 Å². The van der Waals surface area contributed by atoms with Crippen molar-refractivity contribution >= 4 is 5.57 Å². The van der Waals surface area contributed by atoms with Gasteiger partial charge in [0.05, 0.1) is 16.8 Å². The Hall–Kier alpha value is -6.12. The summed E-state index contributed by atoms with van der Waals surface area (Å²) in [5, 5.41) is 0. The molecule has 0 spiro atoms. The molecule has 0 bridgehead atoms. The molecule has 0 saturated heterocycles. The van der Waals surface area contributed by atoms with E-state index in [0.717, 1.165) is 33.9 Å².